The molecule has 110 valence electrons. The average molecular weight is 293 g/mol. The van der Waals surface area contributed by atoms with E-state index >= 15 is 0 Å². The second kappa shape index (κ2) is 8.22. The number of carboxylic acid groups (broad SMARTS) is 1. The summed E-state index contributed by atoms with van der Waals surface area (Å²) in [5, 5.41) is 14.5. The Morgan fingerprint density at radius 1 is 1.45 bits per heavy atom. The van der Waals surface area contributed by atoms with Crippen LogP contribution in [-0.2, 0) is 11.2 Å². The van der Waals surface area contributed by atoms with Crippen LogP contribution < -0.4 is 5.32 Å². The molecule has 0 saturated heterocycles. The molecule has 0 spiro atoms. The predicted molar refractivity (Wildman–Crippen MR) is 83.2 cm³/mol. The van der Waals surface area contributed by atoms with E-state index in [4.69, 9.17) is 5.11 Å². The highest BCUT2D eigenvalue weighted by atomic mass is 32.1. The van der Waals surface area contributed by atoms with Crippen LogP contribution in [0, 0.1) is 0 Å². The molecule has 1 aliphatic carbocycles. The fraction of sp³-hybridized carbons (Fsp3) is 0.562. The number of rotatable bonds is 8. The topological polar surface area (TPSA) is 49.3 Å². The Bertz CT molecular complexity index is 439. The standard InChI is InChI=1S/C16H23NO2S/c18-16(19)12-14(11-15-7-4-10-20-15)17-9-8-13-5-2-1-3-6-13/h4-5,7,10,14,17H,1-3,6,8-9,11-12H2,(H,18,19). The molecule has 0 radical (unpaired) electrons. The van der Waals surface area contributed by atoms with Crippen LogP contribution in [0.3, 0.4) is 0 Å². The van der Waals surface area contributed by atoms with E-state index in [0.717, 1.165) is 19.4 Å². The molecule has 0 aliphatic heterocycles. The van der Waals surface area contributed by atoms with Crippen LogP contribution in [0.2, 0.25) is 0 Å². The maximum atomic E-state index is 11.0. The summed E-state index contributed by atoms with van der Waals surface area (Å²) in [6.07, 6.45) is 9.47. The first-order valence-corrected chi connectivity index (χ1v) is 8.27. The molecule has 1 aromatic heterocycles. The lowest BCUT2D eigenvalue weighted by Gasteiger charge is -2.18. The molecular formula is C16H23NO2S. The molecule has 0 amide bonds. The SMILES string of the molecule is O=C(O)CC(Cc1cccs1)NCCC1=CCCCC1. The number of nitrogens with one attached hydrogen (secondary N) is 1. The third-order valence-electron chi connectivity index (χ3n) is 3.71. The van der Waals surface area contributed by atoms with Gasteiger partial charge in [0, 0.05) is 10.9 Å². The molecular weight excluding hydrogens is 270 g/mol. The predicted octanol–water partition coefficient (Wildman–Crippen LogP) is 3.61. The smallest absolute Gasteiger partial charge is 0.304 e. The lowest BCUT2D eigenvalue weighted by Crippen LogP contribution is -2.34. The highest BCUT2D eigenvalue weighted by Crippen LogP contribution is 2.19. The van der Waals surface area contributed by atoms with E-state index in [1.807, 2.05) is 11.4 Å². The molecule has 0 saturated carbocycles. The number of hydrogen-bond acceptors (Lipinski definition) is 3. The van der Waals surface area contributed by atoms with Gasteiger partial charge in [-0.15, -0.1) is 11.3 Å². The molecule has 2 rings (SSSR count). The molecule has 0 fully saturated rings. The fourth-order valence-electron chi connectivity index (χ4n) is 2.67. The van der Waals surface area contributed by atoms with Crippen LogP contribution in [0.25, 0.3) is 0 Å². The van der Waals surface area contributed by atoms with Crippen molar-refractivity contribution in [1.29, 1.82) is 0 Å². The van der Waals surface area contributed by atoms with E-state index in [1.165, 1.54) is 36.1 Å². The van der Waals surface area contributed by atoms with Crippen molar-refractivity contribution in [2.45, 2.75) is 51.0 Å². The first kappa shape index (κ1) is 15.3. The minimum atomic E-state index is -0.726. The van der Waals surface area contributed by atoms with Crippen LogP contribution in [-0.4, -0.2) is 23.7 Å². The number of aliphatic carboxylic acids is 1. The highest BCUT2D eigenvalue weighted by molar-refractivity contribution is 7.09. The van der Waals surface area contributed by atoms with E-state index in [9.17, 15) is 4.79 Å². The normalized spacial score (nSPS) is 16.7. The van der Waals surface area contributed by atoms with E-state index in [1.54, 1.807) is 11.3 Å². The summed E-state index contributed by atoms with van der Waals surface area (Å²) in [7, 11) is 0. The Morgan fingerprint density at radius 2 is 2.35 bits per heavy atom. The van der Waals surface area contributed by atoms with Crippen molar-refractivity contribution < 1.29 is 9.90 Å². The molecule has 2 N–H and O–H groups in total. The van der Waals surface area contributed by atoms with Gasteiger partial charge in [0.25, 0.3) is 0 Å². The first-order valence-electron chi connectivity index (χ1n) is 7.39. The maximum Gasteiger partial charge on any atom is 0.304 e. The van der Waals surface area contributed by atoms with Gasteiger partial charge in [-0.3, -0.25) is 4.79 Å². The molecule has 20 heavy (non-hydrogen) atoms. The second-order valence-electron chi connectivity index (χ2n) is 5.39. The quantitative estimate of drug-likeness (QED) is 0.720. The van der Waals surface area contributed by atoms with Crippen molar-refractivity contribution in [3.8, 4) is 0 Å². The maximum absolute atomic E-state index is 11.0. The van der Waals surface area contributed by atoms with Gasteiger partial charge in [0.2, 0.25) is 0 Å². The fourth-order valence-corrected chi connectivity index (χ4v) is 3.45. The van der Waals surface area contributed by atoms with E-state index in [-0.39, 0.29) is 12.5 Å². The summed E-state index contributed by atoms with van der Waals surface area (Å²) < 4.78 is 0. The van der Waals surface area contributed by atoms with Crippen LogP contribution in [0.5, 0.6) is 0 Å². The number of carboxylic acids is 1. The molecule has 3 nitrogen and oxygen atoms in total. The van der Waals surface area contributed by atoms with Crippen molar-refractivity contribution in [3.05, 3.63) is 34.0 Å². The number of allylic oxidation sites excluding steroid dienone is 1. The van der Waals surface area contributed by atoms with Crippen LogP contribution in [0.4, 0.5) is 0 Å². The molecule has 0 aromatic carbocycles. The molecule has 0 bridgehead atoms. The summed E-state index contributed by atoms with van der Waals surface area (Å²) >= 11 is 1.70. The van der Waals surface area contributed by atoms with E-state index < -0.39 is 5.97 Å². The summed E-state index contributed by atoms with van der Waals surface area (Å²) in [5.41, 5.74) is 1.54. The van der Waals surface area contributed by atoms with Gasteiger partial charge in [-0.25, -0.2) is 0 Å². The summed E-state index contributed by atoms with van der Waals surface area (Å²) in [6.45, 7) is 0.884. The van der Waals surface area contributed by atoms with Crippen molar-refractivity contribution in [1.82, 2.24) is 5.32 Å². The Labute approximate surface area is 124 Å². The largest absolute Gasteiger partial charge is 0.481 e. The number of hydrogen-bond donors (Lipinski definition) is 2. The molecule has 1 aromatic rings. The van der Waals surface area contributed by atoms with Crippen LogP contribution >= 0.6 is 11.3 Å². The lowest BCUT2D eigenvalue weighted by molar-refractivity contribution is -0.137. The van der Waals surface area contributed by atoms with Gasteiger partial charge in [-0.2, -0.15) is 0 Å². The Hall–Kier alpha value is -1.13. The Kier molecular flexibility index (Phi) is 6.27. The van der Waals surface area contributed by atoms with E-state index in [0.29, 0.717) is 0 Å². The minimum Gasteiger partial charge on any atom is -0.481 e. The molecule has 1 heterocycles. The Morgan fingerprint density at radius 3 is 3.00 bits per heavy atom. The van der Waals surface area contributed by atoms with Crippen molar-refractivity contribution >= 4 is 17.3 Å². The second-order valence-corrected chi connectivity index (χ2v) is 6.42. The van der Waals surface area contributed by atoms with Gasteiger partial charge >= 0.3 is 5.97 Å². The van der Waals surface area contributed by atoms with Gasteiger partial charge in [0.15, 0.2) is 0 Å². The van der Waals surface area contributed by atoms with E-state index in [2.05, 4.69) is 17.5 Å². The van der Waals surface area contributed by atoms with Crippen molar-refractivity contribution in [3.63, 3.8) is 0 Å². The average Bonchev–Trinajstić information content (AvgIpc) is 2.92. The van der Waals surface area contributed by atoms with Gasteiger partial charge < -0.3 is 10.4 Å². The zero-order chi connectivity index (χ0) is 14.2. The zero-order valence-electron chi connectivity index (χ0n) is 11.8. The Balaban J connectivity index is 1.77. The number of thiophene rings is 1. The molecule has 1 unspecified atom stereocenters. The van der Waals surface area contributed by atoms with Crippen molar-refractivity contribution in [2.24, 2.45) is 0 Å². The monoisotopic (exact) mass is 293 g/mol. The minimum absolute atomic E-state index is 0.0374. The first-order chi connectivity index (χ1) is 9.74. The van der Waals surface area contributed by atoms with Crippen LogP contribution in [0.15, 0.2) is 29.2 Å². The van der Waals surface area contributed by atoms with Gasteiger partial charge in [0.1, 0.15) is 0 Å². The number of carbonyl (C=O) groups is 1. The highest BCUT2D eigenvalue weighted by Gasteiger charge is 2.14. The zero-order valence-corrected chi connectivity index (χ0v) is 12.6. The summed E-state index contributed by atoms with van der Waals surface area (Å²) in [5.74, 6) is -0.726. The van der Waals surface area contributed by atoms with Gasteiger partial charge in [-0.05, 0) is 56.5 Å². The summed E-state index contributed by atoms with van der Waals surface area (Å²) in [6, 6.07) is 4.13. The van der Waals surface area contributed by atoms with Crippen molar-refractivity contribution in [2.75, 3.05) is 6.54 Å². The van der Waals surface area contributed by atoms with Gasteiger partial charge in [0.05, 0.1) is 6.42 Å². The lowest BCUT2D eigenvalue weighted by atomic mass is 9.97. The van der Waals surface area contributed by atoms with Gasteiger partial charge in [-0.1, -0.05) is 17.7 Å². The molecule has 1 atom stereocenters. The third kappa shape index (κ3) is 5.47. The molecule has 1 aliphatic rings. The van der Waals surface area contributed by atoms with Crippen LogP contribution in [0.1, 0.15) is 43.4 Å². The third-order valence-corrected chi connectivity index (χ3v) is 4.61. The summed E-state index contributed by atoms with van der Waals surface area (Å²) in [4.78, 5) is 12.2. The molecule has 4 heteroatoms.